The molecule has 0 radical (unpaired) electrons. The summed E-state index contributed by atoms with van der Waals surface area (Å²) in [6, 6.07) is 3.92. The minimum atomic E-state index is 0.272. The molecule has 0 saturated carbocycles. The molecular formula is C11H16N4. The van der Waals surface area contributed by atoms with Gasteiger partial charge in [0, 0.05) is 12.2 Å². The first-order valence-corrected chi connectivity index (χ1v) is 4.97. The standard InChI is InChI=1S/C11H16N4/c1-7(2)8(3)15-11-10(13)9(6-12)4-5-14-11/h4-5,7-8H,13H2,1-3H3,(H,14,15). The maximum Gasteiger partial charge on any atom is 0.150 e. The first-order valence-electron chi connectivity index (χ1n) is 4.97. The molecule has 1 unspecified atom stereocenters. The Hall–Kier alpha value is -1.76. The molecule has 0 saturated heterocycles. The van der Waals surface area contributed by atoms with E-state index in [0.29, 0.717) is 23.0 Å². The molecule has 0 aliphatic heterocycles. The minimum absolute atomic E-state index is 0.272. The van der Waals surface area contributed by atoms with Crippen molar-refractivity contribution in [1.82, 2.24) is 4.98 Å². The molecule has 0 aliphatic carbocycles. The van der Waals surface area contributed by atoms with Crippen molar-refractivity contribution in [2.45, 2.75) is 26.8 Å². The monoisotopic (exact) mass is 204 g/mol. The van der Waals surface area contributed by atoms with E-state index < -0.39 is 0 Å². The van der Waals surface area contributed by atoms with Crippen molar-refractivity contribution in [2.24, 2.45) is 5.92 Å². The molecule has 0 fully saturated rings. The highest BCUT2D eigenvalue weighted by molar-refractivity contribution is 5.69. The van der Waals surface area contributed by atoms with Crippen molar-refractivity contribution in [3.63, 3.8) is 0 Å². The summed E-state index contributed by atoms with van der Waals surface area (Å²) in [5.74, 6) is 1.08. The van der Waals surface area contributed by atoms with Gasteiger partial charge in [-0.15, -0.1) is 0 Å². The van der Waals surface area contributed by atoms with Crippen molar-refractivity contribution in [2.75, 3.05) is 11.1 Å². The number of aromatic nitrogens is 1. The highest BCUT2D eigenvalue weighted by atomic mass is 15.0. The van der Waals surface area contributed by atoms with Gasteiger partial charge in [-0.05, 0) is 18.9 Å². The first-order chi connectivity index (χ1) is 7.06. The summed E-state index contributed by atoms with van der Waals surface area (Å²) in [6.07, 6.45) is 1.59. The average Bonchev–Trinajstić information content (AvgIpc) is 2.21. The van der Waals surface area contributed by atoms with Gasteiger partial charge >= 0.3 is 0 Å². The second-order valence-electron chi connectivity index (χ2n) is 3.91. The van der Waals surface area contributed by atoms with Crippen molar-refractivity contribution < 1.29 is 0 Å². The second-order valence-corrected chi connectivity index (χ2v) is 3.91. The van der Waals surface area contributed by atoms with Gasteiger partial charge in [0.15, 0.2) is 5.82 Å². The lowest BCUT2D eigenvalue weighted by Crippen LogP contribution is -2.23. The number of nitrogen functional groups attached to an aromatic ring is 1. The van der Waals surface area contributed by atoms with Crippen LogP contribution in [0.25, 0.3) is 0 Å². The zero-order valence-corrected chi connectivity index (χ0v) is 9.28. The van der Waals surface area contributed by atoms with Crippen LogP contribution in [0.4, 0.5) is 11.5 Å². The van der Waals surface area contributed by atoms with Crippen LogP contribution < -0.4 is 11.1 Å². The summed E-state index contributed by atoms with van der Waals surface area (Å²) in [7, 11) is 0. The molecule has 1 aromatic rings. The third kappa shape index (κ3) is 2.59. The lowest BCUT2D eigenvalue weighted by atomic mass is 10.1. The van der Waals surface area contributed by atoms with E-state index in [9.17, 15) is 0 Å². The van der Waals surface area contributed by atoms with Crippen LogP contribution in [0.3, 0.4) is 0 Å². The van der Waals surface area contributed by atoms with E-state index in [1.165, 1.54) is 0 Å². The van der Waals surface area contributed by atoms with Gasteiger partial charge in [0.25, 0.3) is 0 Å². The summed E-state index contributed by atoms with van der Waals surface area (Å²) in [6.45, 7) is 6.29. The Kier molecular flexibility index (Phi) is 3.51. The molecule has 0 bridgehead atoms. The Bertz CT molecular complexity index is 379. The molecule has 15 heavy (non-hydrogen) atoms. The van der Waals surface area contributed by atoms with Gasteiger partial charge in [-0.1, -0.05) is 13.8 Å². The van der Waals surface area contributed by atoms with Crippen LogP contribution in [0.15, 0.2) is 12.3 Å². The number of nitriles is 1. The molecule has 1 heterocycles. The molecule has 1 atom stereocenters. The summed E-state index contributed by atoms with van der Waals surface area (Å²) in [4.78, 5) is 4.12. The molecule has 0 aromatic carbocycles. The number of nitrogens with zero attached hydrogens (tertiary/aromatic N) is 2. The van der Waals surface area contributed by atoms with Gasteiger partial charge in [-0.25, -0.2) is 4.98 Å². The van der Waals surface area contributed by atoms with Crippen LogP contribution >= 0.6 is 0 Å². The molecule has 3 N–H and O–H groups in total. The first kappa shape index (κ1) is 11.3. The van der Waals surface area contributed by atoms with Crippen molar-refractivity contribution in [1.29, 1.82) is 5.26 Å². The Morgan fingerprint density at radius 2 is 2.13 bits per heavy atom. The van der Waals surface area contributed by atoms with Crippen LogP contribution in [0.1, 0.15) is 26.3 Å². The van der Waals surface area contributed by atoms with E-state index in [1.54, 1.807) is 12.3 Å². The second kappa shape index (κ2) is 4.65. The summed E-state index contributed by atoms with van der Waals surface area (Å²) < 4.78 is 0. The van der Waals surface area contributed by atoms with Gasteiger partial charge in [0.1, 0.15) is 6.07 Å². The van der Waals surface area contributed by atoms with Crippen LogP contribution in [0.5, 0.6) is 0 Å². The predicted molar refractivity (Wildman–Crippen MR) is 61.3 cm³/mol. The minimum Gasteiger partial charge on any atom is -0.395 e. The fraction of sp³-hybridized carbons (Fsp3) is 0.455. The summed E-state index contributed by atoms with van der Waals surface area (Å²) in [5, 5.41) is 12.0. The SMILES string of the molecule is CC(C)C(C)Nc1nccc(C#N)c1N. The zero-order chi connectivity index (χ0) is 11.4. The van der Waals surface area contributed by atoms with E-state index in [0.717, 1.165) is 0 Å². The highest BCUT2D eigenvalue weighted by Gasteiger charge is 2.11. The maximum absolute atomic E-state index is 8.80. The van der Waals surface area contributed by atoms with Crippen LogP contribution in [0, 0.1) is 17.2 Å². The molecule has 80 valence electrons. The van der Waals surface area contributed by atoms with Gasteiger partial charge in [0.2, 0.25) is 0 Å². The maximum atomic E-state index is 8.80. The van der Waals surface area contributed by atoms with E-state index in [-0.39, 0.29) is 6.04 Å². The smallest absolute Gasteiger partial charge is 0.150 e. The number of hydrogen-bond acceptors (Lipinski definition) is 4. The van der Waals surface area contributed by atoms with E-state index in [4.69, 9.17) is 11.0 Å². The number of nitrogens with one attached hydrogen (secondary N) is 1. The Morgan fingerprint density at radius 1 is 1.47 bits per heavy atom. The molecule has 1 aromatic heterocycles. The summed E-state index contributed by atoms with van der Waals surface area (Å²) in [5.41, 5.74) is 6.68. The summed E-state index contributed by atoms with van der Waals surface area (Å²) >= 11 is 0. The highest BCUT2D eigenvalue weighted by Crippen LogP contribution is 2.20. The number of rotatable bonds is 3. The van der Waals surface area contributed by atoms with Crippen molar-refractivity contribution >= 4 is 11.5 Å². The third-order valence-electron chi connectivity index (χ3n) is 2.47. The molecule has 1 rings (SSSR count). The Morgan fingerprint density at radius 3 is 2.67 bits per heavy atom. The third-order valence-corrected chi connectivity index (χ3v) is 2.47. The molecule has 4 nitrogen and oxygen atoms in total. The van der Waals surface area contributed by atoms with Crippen LogP contribution in [-0.4, -0.2) is 11.0 Å². The average molecular weight is 204 g/mol. The van der Waals surface area contributed by atoms with Crippen molar-refractivity contribution in [3.8, 4) is 6.07 Å². The molecule has 0 spiro atoms. The number of hydrogen-bond donors (Lipinski definition) is 2. The number of anilines is 2. The van der Waals surface area contributed by atoms with E-state index >= 15 is 0 Å². The number of pyridine rings is 1. The molecule has 0 aliphatic rings. The largest absolute Gasteiger partial charge is 0.395 e. The van der Waals surface area contributed by atoms with E-state index in [1.807, 2.05) is 6.07 Å². The van der Waals surface area contributed by atoms with Crippen LogP contribution in [-0.2, 0) is 0 Å². The van der Waals surface area contributed by atoms with Gasteiger partial charge in [-0.3, -0.25) is 0 Å². The molecule has 0 amide bonds. The Balaban J connectivity index is 2.92. The lowest BCUT2D eigenvalue weighted by Gasteiger charge is -2.19. The molecular weight excluding hydrogens is 188 g/mol. The van der Waals surface area contributed by atoms with Gasteiger partial charge in [-0.2, -0.15) is 5.26 Å². The predicted octanol–water partition coefficient (Wildman–Crippen LogP) is 1.99. The Labute approximate surface area is 90.1 Å². The van der Waals surface area contributed by atoms with E-state index in [2.05, 4.69) is 31.1 Å². The topological polar surface area (TPSA) is 74.7 Å². The fourth-order valence-corrected chi connectivity index (χ4v) is 1.07. The van der Waals surface area contributed by atoms with Gasteiger partial charge < -0.3 is 11.1 Å². The lowest BCUT2D eigenvalue weighted by molar-refractivity contribution is 0.558. The van der Waals surface area contributed by atoms with Gasteiger partial charge in [0.05, 0.1) is 11.3 Å². The van der Waals surface area contributed by atoms with Crippen molar-refractivity contribution in [3.05, 3.63) is 17.8 Å². The molecule has 4 heteroatoms. The zero-order valence-electron chi connectivity index (χ0n) is 9.28. The fourth-order valence-electron chi connectivity index (χ4n) is 1.07. The normalized spacial score (nSPS) is 12.2. The number of nitrogens with two attached hydrogens (primary N) is 1. The van der Waals surface area contributed by atoms with Crippen LogP contribution in [0.2, 0.25) is 0 Å². The quantitative estimate of drug-likeness (QED) is 0.789.